The topological polar surface area (TPSA) is 47.3 Å². The number of ether oxygens (including phenoxy) is 1. The molecule has 4 heteroatoms. The molecule has 0 bridgehead atoms. The number of aryl methyl sites for hydroxylation is 1. The number of aliphatic hydroxyl groups excluding tert-OH is 1. The predicted molar refractivity (Wildman–Crippen MR) is 106 cm³/mol. The molecule has 26 heavy (non-hydrogen) atoms. The third-order valence-electron chi connectivity index (χ3n) is 5.12. The van der Waals surface area contributed by atoms with Gasteiger partial charge in [-0.3, -0.25) is 0 Å². The molecule has 1 aromatic heterocycles. The summed E-state index contributed by atoms with van der Waals surface area (Å²) in [4.78, 5) is 4.79. The number of aromatic nitrogens is 2. The van der Waals surface area contributed by atoms with Gasteiger partial charge in [0.2, 0.25) is 0 Å². The van der Waals surface area contributed by atoms with E-state index in [1.807, 2.05) is 37.3 Å². The summed E-state index contributed by atoms with van der Waals surface area (Å²) >= 11 is 0. The molecular formula is C22H28N2O2. The predicted octanol–water partition coefficient (Wildman–Crippen LogP) is 4.61. The van der Waals surface area contributed by atoms with E-state index >= 15 is 0 Å². The molecule has 4 nitrogen and oxygen atoms in total. The first-order chi connectivity index (χ1) is 12.5. The number of para-hydroxylation sites is 2. The van der Waals surface area contributed by atoms with Crippen LogP contribution in [-0.2, 0) is 6.54 Å². The van der Waals surface area contributed by atoms with Crippen molar-refractivity contribution in [2.75, 3.05) is 6.61 Å². The number of hydrogen-bond donors (Lipinski definition) is 1. The summed E-state index contributed by atoms with van der Waals surface area (Å²) in [5.41, 5.74) is 4.35. The zero-order chi connectivity index (χ0) is 18.7. The Labute approximate surface area is 155 Å². The molecule has 2 atom stereocenters. The highest BCUT2D eigenvalue weighted by atomic mass is 16.5. The van der Waals surface area contributed by atoms with Crippen LogP contribution in [0.1, 0.15) is 43.1 Å². The van der Waals surface area contributed by atoms with Gasteiger partial charge in [-0.05, 0) is 49.6 Å². The fourth-order valence-corrected chi connectivity index (χ4v) is 3.17. The maximum absolute atomic E-state index is 10.6. The molecular weight excluding hydrogens is 324 g/mol. The van der Waals surface area contributed by atoms with E-state index in [0.29, 0.717) is 12.5 Å². The van der Waals surface area contributed by atoms with Crippen LogP contribution in [0.15, 0.2) is 42.5 Å². The fourth-order valence-electron chi connectivity index (χ4n) is 3.17. The summed E-state index contributed by atoms with van der Waals surface area (Å²) in [6.07, 6.45) is 0.411. The minimum absolute atomic E-state index is 0.261. The van der Waals surface area contributed by atoms with E-state index in [2.05, 4.69) is 37.5 Å². The Bertz CT molecular complexity index is 885. The van der Waals surface area contributed by atoms with Crippen LogP contribution >= 0.6 is 0 Å². The zero-order valence-electron chi connectivity index (χ0n) is 16.1. The normalized spacial score (nSPS) is 13.7. The van der Waals surface area contributed by atoms with Crippen molar-refractivity contribution >= 4 is 11.0 Å². The Kier molecular flexibility index (Phi) is 5.62. The van der Waals surface area contributed by atoms with Gasteiger partial charge in [0.25, 0.3) is 0 Å². The molecule has 0 saturated heterocycles. The van der Waals surface area contributed by atoms with E-state index in [1.165, 1.54) is 5.56 Å². The lowest BCUT2D eigenvalue weighted by Crippen LogP contribution is -2.25. The summed E-state index contributed by atoms with van der Waals surface area (Å²) in [7, 11) is 0. The largest absolute Gasteiger partial charge is 0.491 e. The van der Waals surface area contributed by atoms with Crippen LogP contribution in [0.3, 0.4) is 0 Å². The Hall–Kier alpha value is -2.33. The van der Waals surface area contributed by atoms with Gasteiger partial charge in [0.1, 0.15) is 24.3 Å². The summed E-state index contributed by atoms with van der Waals surface area (Å²) in [6, 6.07) is 14.1. The number of hydrogen-bond acceptors (Lipinski definition) is 3. The molecule has 0 saturated carbocycles. The molecule has 1 N–H and O–H groups in total. The lowest BCUT2D eigenvalue weighted by molar-refractivity contribution is 0.0921. The molecule has 2 unspecified atom stereocenters. The van der Waals surface area contributed by atoms with Crippen LogP contribution in [0.4, 0.5) is 0 Å². The summed E-state index contributed by atoms with van der Waals surface area (Å²) in [5.74, 6) is 2.20. The number of rotatable bonds is 7. The second-order valence-corrected chi connectivity index (χ2v) is 7.04. The van der Waals surface area contributed by atoms with Gasteiger partial charge in [-0.25, -0.2) is 4.98 Å². The van der Waals surface area contributed by atoms with Crippen LogP contribution in [0.5, 0.6) is 5.75 Å². The SMILES string of the molecule is CCC(C)c1nc2ccccc2n1CC(O)COc1cccc(C)c1C. The van der Waals surface area contributed by atoms with E-state index in [9.17, 15) is 5.11 Å². The first-order valence-corrected chi connectivity index (χ1v) is 9.33. The fraction of sp³-hybridized carbons (Fsp3) is 0.409. The highest BCUT2D eigenvalue weighted by molar-refractivity contribution is 5.76. The highest BCUT2D eigenvalue weighted by Crippen LogP contribution is 2.25. The molecule has 0 amide bonds. The number of aliphatic hydroxyl groups is 1. The molecule has 2 aromatic carbocycles. The molecule has 0 fully saturated rings. The van der Waals surface area contributed by atoms with Gasteiger partial charge in [-0.15, -0.1) is 0 Å². The number of nitrogens with zero attached hydrogens (tertiary/aromatic N) is 2. The first kappa shape index (κ1) is 18.5. The average molecular weight is 352 g/mol. The third-order valence-corrected chi connectivity index (χ3v) is 5.12. The van der Waals surface area contributed by atoms with Crippen LogP contribution in [0, 0.1) is 13.8 Å². The third kappa shape index (κ3) is 3.75. The minimum atomic E-state index is -0.602. The van der Waals surface area contributed by atoms with Gasteiger partial charge in [-0.1, -0.05) is 38.1 Å². The van der Waals surface area contributed by atoms with E-state index < -0.39 is 6.10 Å². The van der Waals surface area contributed by atoms with Crippen LogP contribution in [-0.4, -0.2) is 27.4 Å². The highest BCUT2D eigenvalue weighted by Gasteiger charge is 2.18. The van der Waals surface area contributed by atoms with Gasteiger partial charge in [0.05, 0.1) is 17.6 Å². The lowest BCUT2D eigenvalue weighted by Gasteiger charge is -2.18. The van der Waals surface area contributed by atoms with Crippen molar-refractivity contribution in [2.24, 2.45) is 0 Å². The van der Waals surface area contributed by atoms with Gasteiger partial charge in [-0.2, -0.15) is 0 Å². The van der Waals surface area contributed by atoms with Crippen molar-refractivity contribution < 1.29 is 9.84 Å². The van der Waals surface area contributed by atoms with Crippen LogP contribution in [0.25, 0.3) is 11.0 Å². The molecule has 0 aliphatic heterocycles. The van der Waals surface area contributed by atoms with Gasteiger partial charge >= 0.3 is 0 Å². The zero-order valence-corrected chi connectivity index (χ0v) is 16.1. The van der Waals surface area contributed by atoms with Crippen LogP contribution in [0.2, 0.25) is 0 Å². The maximum atomic E-state index is 10.6. The minimum Gasteiger partial charge on any atom is -0.491 e. The van der Waals surface area contributed by atoms with Gasteiger partial charge < -0.3 is 14.4 Å². The van der Waals surface area contributed by atoms with E-state index in [4.69, 9.17) is 9.72 Å². The Morgan fingerprint density at radius 1 is 1.12 bits per heavy atom. The Balaban J connectivity index is 1.78. The van der Waals surface area contributed by atoms with E-state index in [-0.39, 0.29) is 6.61 Å². The van der Waals surface area contributed by atoms with Crippen molar-refractivity contribution in [1.82, 2.24) is 9.55 Å². The Morgan fingerprint density at radius 3 is 2.65 bits per heavy atom. The molecule has 3 aromatic rings. The Morgan fingerprint density at radius 2 is 1.88 bits per heavy atom. The molecule has 0 aliphatic rings. The number of fused-ring (bicyclic) bond motifs is 1. The first-order valence-electron chi connectivity index (χ1n) is 9.33. The maximum Gasteiger partial charge on any atom is 0.122 e. The van der Waals surface area contributed by atoms with Crippen molar-refractivity contribution in [1.29, 1.82) is 0 Å². The lowest BCUT2D eigenvalue weighted by atomic mass is 10.1. The second kappa shape index (κ2) is 7.92. The molecule has 3 rings (SSSR count). The molecule has 0 radical (unpaired) electrons. The number of imidazole rings is 1. The molecule has 0 spiro atoms. The molecule has 0 aliphatic carbocycles. The van der Waals surface area contributed by atoms with Crippen molar-refractivity contribution in [2.45, 2.75) is 52.7 Å². The molecule has 1 heterocycles. The monoisotopic (exact) mass is 352 g/mol. The second-order valence-electron chi connectivity index (χ2n) is 7.04. The van der Waals surface area contributed by atoms with Gasteiger partial charge in [0.15, 0.2) is 0 Å². The van der Waals surface area contributed by atoms with E-state index in [0.717, 1.165) is 34.6 Å². The van der Waals surface area contributed by atoms with Crippen LogP contribution < -0.4 is 4.74 Å². The van der Waals surface area contributed by atoms with Crippen molar-refractivity contribution in [3.05, 3.63) is 59.4 Å². The van der Waals surface area contributed by atoms with Gasteiger partial charge in [0, 0.05) is 5.92 Å². The van der Waals surface area contributed by atoms with Crippen molar-refractivity contribution in [3.8, 4) is 5.75 Å². The quantitative estimate of drug-likeness (QED) is 0.676. The molecule has 138 valence electrons. The summed E-state index contributed by atoms with van der Waals surface area (Å²) in [5, 5.41) is 10.6. The van der Waals surface area contributed by atoms with E-state index in [1.54, 1.807) is 0 Å². The van der Waals surface area contributed by atoms with Crippen molar-refractivity contribution in [3.63, 3.8) is 0 Å². The summed E-state index contributed by atoms with van der Waals surface area (Å²) in [6.45, 7) is 9.18. The average Bonchev–Trinajstić information content (AvgIpc) is 3.01. The smallest absolute Gasteiger partial charge is 0.122 e. The standard InChI is InChI=1S/C22H28N2O2/c1-5-15(2)22-23-19-10-6-7-11-20(19)24(22)13-18(25)14-26-21-12-8-9-16(3)17(21)4/h6-12,15,18,25H,5,13-14H2,1-4H3. The summed E-state index contributed by atoms with van der Waals surface area (Å²) < 4.78 is 8.02. The number of benzene rings is 2.